The first-order valence-electron chi connectivity index (χ1n) is 12.2. The largest absolute Gasteiger partial charge is 0.416 e. The zero-order chi connectivity index (χ0) is 28.4. The van der Waals surface area contributed by atoms with Gasteiger partial charge in [-0.1, -0.05) is 18.2 Å². The number of alkyl halides is 3. The summed E-state index contributed by atoms with van der Waals surface area (Å²) < 4.78 is 53.9. The fraction of sp³-hybridized carbons (Fsp3) is 0.385. The number of carbonyl (C=O) groups is 1. The number of aryl methyl sites for hydroxylation is 1. The van der Waals surface area contributed by atoms with Gasteiger partial charge in [0.05, 0.1) is 30.5 Å². The van der Waals surface area contributed by atoms with Gasteiger partial charge in [0.1, 0.15) is 22.4 Å². The maximum Gasteiger partial charge on any atom is 0.416 e. The Morgan fingerprint density at radius 3 is 2.59 bits per heavy atom. The second kappa shape index (κ2) is 11.6. The molecule has 210 valence electrons. The minimum Gasteiger partial charge on any atom is -0.394 e. The summed E-state index contributed by atoms with van der Waals surface area (Å²) in [4.78, 5) is 17.3. The number of rotatable bonds is 8. The summed E-state index contributed by atoms with van der Waals surface area (Å²) in [5, 5.41) is 33.5. The number of halogens is 3. The average Bonchev–Trinajstić information content (AvgIpc) is 3.22. The van der Waals surface area contributed by atoms with E-state index in [4.69, 9.17) is 5.11 Å². The molecule has 2 aliphatic heterocycles. The lowest BCUT2D eigenvalue weighted by molar-refractivity contribution is -0.137. The van der Waals surface area contributed by atoms with E-state index >= 15 is 0 Å². The Labute approximate surface area is 225 Å². The summed E-state index contributed by atoms with van der Waals surface area (Å²) in [7, 11) is -1.50. The SMILES string of the molecule is Cc1cc(N(O)CC(O)CO)ccc1/C=C/S(=O)N1CCC2(CC1)N=C(c1cccc(C(F)(F)F)c1)NC2=O. The number of aliphatic imine (C=N–C) groups is 1. The number of aliphatic hydroxyl groups is 2. The molecule has 2 atom stereocenters. The van der Waals surface area contributed by atoms with Crippen LogP contribution in [0.5, 0.6) is 0 Å². The number of nitrogens with zero attached hydrogens (tertiary/aromatic N) is 3. The molecule has 0 aromatic heterocycles. The molecule has 0 bridgehead atoms. The summed E-state index contributed by atoms with van der Waals surface area (Å²) >= 11 is 0. The van der Waals surface area contributed by atoms with Gasteiger partial charge in [0.2, 0.25) is 0 Å². The molecule has 1 fully saturated rings. The molecule has 1 amide bonds. The highest BCUT2D eigenvalue weighted by atomic mass is 32.2. The van der Waals surface area contributed by atoms with E-state index in [0.29, 0.717) is 18.8 Å². The molecule has 0 aliphatic carbocycles. The lowest BCUT2D eigenvalue weighted by atomic mass is 9.89. The fourth-order valence-corrected chi connectivity index (χ4v) is 5.44. The van der Waals surface area contributed by atoms with E-state index in [2.05, 4.69) is 10.3 Å². The highest BCUT2D eigenvalue weighted by molar-refractivity contribution is 7.85. The van der Waals surface area contributed by atoms with E-state index < -0.39 is 41.0 Å². The van der Waals surface area contributed by atoms with E-state index in [-0.39, 0.29) is 36.7 Å². The molecule has 0 radical (unpaired) electrons. The predicted octanol–water partition coefficient (Wildman–Crippen LogP) is 2.61. The fourth-order valence-electron chi connectivity index (χ4n) is 4.46. The maximum atomic E-state index is 13.1. The predicted molar refractivity (Wildman–Crippen MR) is 140 cm³/mol. The van der Waals surface area contributed by atoms with Crippen molar-refractivity contribution in [3.05, 3.63) is 70.1 Å². The molecule has 2 aliphatic rings. The van der Waals surface area contributed by atoms with Crippen molar-refractivity contribution in [2.75, 3.05) is 31.3 Å². The Morgan fingerprint density at radius 2 is 1.95 bits per heavy atom. The second-order valence-corrected chi connectivity index (χ2v) is 10.8. The number of anilines is 1. The molecule has 4 N–H and O–H groups in total. The van der Waals surface area contributed by atoms with Gasteiger partial charge in [-0.3, -0.25) is 20.1 Å². The second-order valence-electron chi connectivity index (χ2n) is 9.49. The summed E-state index contributed by atoms with van der Waals surface area (Å²) in [5.41, 5.74) is 0.227. The Balaban J connectivity index is 1.39. The summed E-state index contributed by atoms with van der Waals surface area (Å²) in [6, 6.07) is 9.70. The number of hydrogen-bond acceptors (Lipinski definition) is 7. The van der Waals surface area contributed by atoms with Gasteiger partial charge in [0.25, 0.3) is 5.91 Å². The van der Waals surface area contributed by atoms with Crippen LogP contribution in [0.2, 0.25) is 0 Å². The van der Waals surface area contributed by atoms with Gasteiger partial charge >= 0.3 is 6.18 Å². The van der Waals surface area contributed by atoms with Gasteiger partial charge < -0.3 is 15.5 Å². The van der Waals surface area contributed by atoms with E-state index in [1.807, 2.05) is 6.92 Å². The molecule has 2 aromatic carbocycles. The molecule has 2 aromatic rings. The molecular weight excluding hydrogens is 537 g/mol. The van der Waals surface area contributed by atoms with Crippen LogP contribution < -0.4 is 10.4 Å². The van der Waals surface area contributed by atoms with Gasteiger partial charge in [-0.25, -0.2) is 8.51 Å². The van der Waals surface area contributed by atoms with E-state index in [1.165, 1.54) is 17.5 Å². The van der Waals surface area contributed by atoms with Crippen LogP contribution in [0.1, 0.15) is 35.1 Å². The molecule has 4 rings (SSSR count). The molecule has 1 spiro atoms. The number of hydroxylamine groups is 1. The van der Waals surface area contributed by atoms with Crippen molar-refractivity contribution in [3.63, 3.8) is 0 Å². The Bertz CT molecular complexity index is 1310. The zero-order valence-electron chi connectivity index (χ0n) is 21.1. The van der Waals surface area contributed by atoms with Crippen LogP contribution in [0.25, 0.3) is 6.08 Å². The van der Waals surface area contributed by atoms with E-state index in [0.717, 1.165) is 28.3 Å². The van der Waals surface area contributed by atoms with Crippen molar-refractivity contribution in [1.29, 1.82) is 0 Å². The lowest BCUT2D eigenvalue weighted by Crippen LogP contribution is -2.49. The smallest absolute Gasteiger partial charge is 0.394 e. The van der Waals surface area contributed by atoms with Crippen LogP contribution in [0, 0.1) is 6.92 Å². The van der Waals surface area contributed by atoms with Crippen molar-refractivity contribution < 1.29 is 37.6 Å². The minimum absolute atomic E-state index is 0.104. The van der Waals surface area contributed by atoms with Crippen LogP contribution in [0.4, 0.5) is 18.9 Å². The first-order valence-corrected chi connectivity index (χ1v) is 13.4. The molecule has 2 unspecified atom stereocenters. The summed E-state index contributed by atoms with van der Waals surface area (Å²) in [6.45, 7) is 1.78. The number of hydrogen-bond donors (Lipinski definition) is 4. The molecular formula is C26H29F3N4O5S. The molecule has 13 heteroatoms. The number of amides is 1. The standard InChI is InChI=1S/C26H29F3N4O5S/c1-17-13-21(33(37)15-22(35)16-34)6-5-18(17)7-12-39(38)32-10-8-25(9-11-32)24(36)30-23(31-25)19-3-2-4-20(14-19)26(27,28)29/h2-7,12-14,22,34-35,37H,8-11,15-16H2,1H3,(H,30,31,36)/b12-7+. The van der Waals surface area contributed by atoms with Crippen LogP contribution in [-0.2, 0) is 22.0 Å². The van der Waals surface area contributed by atoms with Gasteiger partial charge in [-0.05, 0) is 61.2 Å². The third kappa shape index (κ3) is 6.56. The Morgan fingerprint density at radius 1 is 1.23 bits per heavy atom. The first-order chi connectivity index (χ1) is 18.4. The van der Waals surface area contributed by atoms with Crippen molar-refractivity contribution in [3.8, 4) is 0 Å². The highest BCUT2D eigenvalue weighted by Crippen LogP contribution is 2.33. The Kier molecular flexibility index (Phi) is 8.57. The molecule has 9 nitrogen and oxygen atoms in total. The molecule has 39 heavy (non-hydrogen) atoms. The lowest BCUT2D eigenvalue weighted by Gasteiger charge is -2.33. The number of nitrogens with one attached hydrogen (secondary N) is 1. The van der Waals surface area contributed by atoms with Gasteiger partial charge in [-0.15, -0.1) is 0 Å². The van der Waals surface area contributed by atoms with Gasteiger partial charge in [0, 0.05) is 24.1 Å². The van der Waals surface area contributed by atoms with Crippen molar-refractivity contribution in [2.24, 2.45) is 4.99 Å². The summed E-state index contributed by atoms with van der Waals surface area (Å²) in [6.07, 6.45) is -3.38. The first kappa shape index (κ1) is 28.9. The van der Waals surface area contributed by atoms with E-state index in [1.54, 1.807) is 28.6 Å². The average molecular weight is 567 g/mol. The van der Waals surface area contributed by atoms with Crippen LogP contribution in [0.3, 0.4) is 0 Å². The van der Waals surface area contributed by atoms with Crippen LogP contribution in [-0.4, -0.2) is 73.6 Å². The topological polar surface area (TPSA) is 126 Å². The normalized spacial score (nSPS) is 19.3. The third-order valence-corrected chi connectivity index (χ3v) is 8.00. The van der Waals surface area contributed by atoms with Crippen molar-refractivity contribution in [2.45, 2.75) is 37.6 Å². The maximum absolute atomic E-state index is 13.1. The number of amidine groups is 1. The van der Waals surface area contributed by atoms with Gasteiger partial charge in [-0.2, -0.15) is 13.2 Å². The Hall–Kier alpha value is -3.10. The molecule has 2 heterocycles. The third-order valence-electron chi connectivity index (χ3n) is 6.76. The van der Waals surface area contributed by atoms with Crippen LogP contribution in [0.15, 0.2) is 52.9 Å². The van der Waals surface area contributed by atoms with Crippen molar-refractivity contribution in [1.82, 2.24) is 9.62 Å². The number of aliphatic hydroxyl groups excluding tert-OH is 2. The molecule has 1 saturated heterocycles. The number of benzene rings is 2. The number of carbonyl (C=O) groups excluding carboxylic acids is 1. The summed E-state index contributed by atoms with van der Waals surface area (Å²) in [5.74, 6) is -0.275. The van der Waals surface area contributed by atoms with Gasteiger partial charge in [0.15, 0.2) is 0 Å². The zero-order valence-corrected chi connectivity index (χ0v) is 21.9. The van der Waals surface area contributed by atoms with Crippen molar-refractivity contribution >= 4 is 34.5 Å². The van der Waals surface area contributed by atoms with E-state index in [9.17, 15) is 32.5 Å². The highest BCUT2D eigenvalue weighted by Gasteiger charge is 2.46. The quantitative estimate of drug-likeness (QED) is 0.364. The molecule has 0 saturated carbocycles. The minimum atomic E-state index is -4.51. The number of piperidine rings is 1. The monoisotopic (exact) mass is 566 g/mol. The van der Waals surface area contributed by atoms with Crippen LogP contribution >= 0.6 is 0 Å².